The number of hydrogen-bond acceptors (Lipinski definition) is 2. The Morgan fingerprint density at radius 3 is 2.60 bits per heavy atom. The second-order valence-electron chi connectivity index (χ2n) is 0.414. The predicted molar refractivity (Wildman–Crippen MR) is 25.9 cm³/mol. The van der Waals surface area contributed by atoms with E-state index in [2.05, 4.69) is 26.7 Å². The van der Waals surface area contributed by atoms with Gasteiger partial charge in [0.25, 0.3) is 0 Å². The van der Waals surface area contributed by atoms with Crippen LogP contribution in [-0.4, -0.2) is 10.7 Å². The molecule has 0 unspecified atom stereocenters. The summed E-state index contributed by atoms with van der Waals surface area (Å²) in [6.07, 6.45) is 0. The first-order valence-electron chi connectivity index (χ1n) is 1.05. The molecular formula is C2H3NiS2-. The van der Waals surface area contributed by atoms with Gasteiger partial charge in [-0.15, -0.1) is 0 Å². The summed E-state index contributed by atoms with van der Waals surface area (Å²) < 4.78 is 0. The molecular weight excluding hydrogens is 147 g/mol. The topological polar surface area (TPSA) is 0 Å². The van der Waals surface area contributed by atoms with Crippen molar-refractivity contribution >= 4 is 27.4 Å². The average Bonchev–Trinajstić information content (AvgIpc) is 1.41. The summed E-state index contributed by atoms with van der Waals surface area (Å²) >= 11 is 8.67. The van der Waals surface area contributed by atoms with Gasteiger partial charge in [-0.3, -0.25) is 0 Å². The summed E-state index contributed by atoms with van der Waals surface area (Å²) in [6, 6.07) is 0. The molecule has 5 heavy (non-hydrogen) atoms. The summed E-state index contributed by atoms with van der Waals surface area (Å²) in [7, 11) is 1.34. The van der Waals surface area contributed by atoms with Crippen LogP contribution in [0.2, 0.25) is 0 Å². The van der Waals surface area contributed by atoms with Crippen molar-refractivity contribution < 1.29 is 15.0 Å². The Morgan fingerprint density at radius 2 is 2.60 bits per heavy atom. The summed E-state index contributed by atoms with van der Waals surface area (Å²) in [6.45, 7) is 0. The van der Waals surface area contributed by atoms with Crippen LogP contribution in [0.5, 0.6) is 0 Å². The molecule has 0 atom stereocenters. The molecule has 0 heterocycles. The van der Waals surface area contributed by atoms with Crippen LogP contribution in [0.1, 0.15) is 0 Å². The molecule has 0 aliphatic carbocycles. The van der Waals surface area contributed by atoms with Crippen molar-refractivity contribution in [3.8, 4) is 0 Å². The molecule has 0 aromatic rings. The summed E-state index contributed by atoms with van der Waals surface area (Å²) in [5.74, 6) is 0.829. The molecule has 0 N–H and O–H groups in total. The summed E-state index contributed by atoms with van der Waals surface area (Å²) in [5, 5.41) is 0. The van der Waals surface area contributed by atoms with E-state index in [9.17, 15) is 0 Å². The minimum absolute atomic E-state index is 0.829. The number of hydrogen-bond donors (Lipinski definition) is 0. The van der Waals surface area contributed by atoms with E-state index in [4.69, 9.17) is 0 Å². The average molecular weight is 150 g/mol. The van der Waals surface area contributed by atoms with Gasteiger partial charge in [-0.05, 0) is 0 Å². The van der Waals surface area contributed by atoms with Crippen molar-refractivity contribution in [2.45, 2.75) is 0 Å². The maximum absolute atomic E-state index is 4.48. The van der Waals surface area contributed by atoms with Crippen molar-refractivity contribution in [3.63, 3.8) is 0 Å². The van der Waals surface area contributed by atoms with Crippen LogP contribution in [-0.2, 0) is 26.7 Å². The fourth-order valence-electron chi connectivity index (χ4n) is 0.0215. The number of rotatable bonds is 2. The van der Waals surface area contributed by atoms with Crippen LogP contribution in [0, 0.1) is 0 Å². The first kappa shape index (κ1) is 6.06. The van der Waals surface area contributed by atoms with Gasteiger partial charge in [0, 0.05) is 0 Å². The fraction of sp³-hybridized carbons (Fsp3) is 0.500. The Balaban J connectivity index is 2.40. The Morgan fingerprint density at radius 1 is 2.00 bits per heavy atom. The van der Waals surface area contributed by atoms with Crippen molar-refractivity contribution in [2.24, 2.45) is 0 Å². The molecule has 0 aliphatic heterocycles. The van der Waals surface area contributed by atoms with Gasteiger partial charge >= 0.3 is 48.2 Å². The third-order valence-electron chi connectivity index (χ3n) is 0.121. The Kier molecular flexibility index (Phi) is 6.14. The zero-order valence-electron chi connectivity index (χ0n) is 2.42. The van der Waals surface area contributed by atoms with Crippen molar-refractivity contribution in [1.29, 1.82) is 0 Å². The normalized spacial score (nSPS) is 7.80. The quantitative estimate of drug-likeness (QED) is 0.320. The molecule has 0 amide bonds. The van der Waals surface area contributed by atoms with Crippen molar-refractivity contribution in [3.05, 3.63) is 0 Å². The Hall–Kier alpha value is 1.06. The molecule has 0 radical (unpaired) electrons. The molecule has 0 aromatic carbocycles. The third kappa shape index (κ3) is 5.06. The molecule has 0 aliphatic rings. The summed E-state index contributed by atoms with van der Waals surface area (Å²) in [5.41, 5.74) is 0. The molecule has 0 fully saturated rings. The van der Waals surface area contributed by atoms with Crippen LogP contribution < -0.4 is 0 Å². The molecule has 0 rings (SSSR count). The zero-order chi connectivity index (χ0) is 4.12. The van der Waals surface area contributed by atoms with Crippen LogP contribution in [0.25, 0.3) is 0 Å². The standard InChI is InChI=1S/C2H4S2.Ni/c1-2-4-3;/h1,3H,2H2;/p-1. The Labute approximate surface area is 48.4 Å². The van der Waals surface area contributed by atoms with E-state index in [0.717, 1.165) is 5.75 Å². The van der Waals surface area contributed by atoms with Crippen molar-refractivity contribution in [1.82, 2.24) is 0 Å². The third-order valence-corrected chi connectivity index (χ3v) is 1.26. The molecule has 3 heteroatoms. The van der Waals surface area contributed by atoms with Crippen molar-refractivity contribution in [2.75, 3.05) is 5.75 Å². The van der Waals surface area contributed by atoms with Gasteiger partial charge in [0.1, 0.15) is 0 Å². The Bertz CT molecular complexity index is 28.8. The second kappa shape index (κ2) is 5.06. The monoisotopic (exact) mass is 149 g/mol. The van der Waals surface area contributed by atoms with Crippen LogP contribution in [0.4, 0.5) is 0 Å². The summed E-state index contributed by atoms with van der Waals surface area (Å²) in [4.78, 5) is 1.66. The van der Waals surface area contributed by atoms with Gasteiger partial charge in [0.15, 0.2) is 0 Å². The maximum atomic E-state index is 4.48. The van der Waals surface area contributed by atoms with Gasteiger partial charge in [-0.1, -0.05) is 0 Å². The van der Waals surface area contributed by atoms with Gasteiger partial charge in [0.05, 0.1) is 0 Å². The van der Waals surface area contributed by atoms with Gasteiger partial charge in [-0.25, -0.2) is 0 Å². The van der Waals surface area contributed by atoms with E-state index in [0.29, 0.717) is 0 Å². The zero-order valence-corrected chi connectivity index (χ0v) is 5.04. The van der Waals surface area contributed by atoms with Crippen LogP contribution >= 0.6 is 10.8 Å². The first-order chi connectivity index (χ1) is 2.41. The SMILES string of the molecule is [S-]SC[CH]=[Ni]. The van der Waals surface area contributed by atoms with Gasteiger partial charge in [0.2, 0.25) is 0 Å². The molecule has 0 nitrogen and oxygen atoms in total. The fourth-order valence-corrected chi connectivity index (χ4v) is 0.798. The van der Waals surface area contributed by atoms with Crippen LogP contribution in [0.15, 0.2) is 0 Å². The van der Waals surface area contributed by atoms with E-state index in [1.54, 1.807) is 4.99 Å². The minimum atomic E-state index is 0.829. The molecule has 0 saturated carbocycles. The van der Waals surface area contributed by atoms with Crippen LogP contribution in [0.3, 0.4) is 0 Å². The van der Waals surface area contributed by atoms with E-state index in [-0.39, 0.29) is 0 Å². The molecule has 34 valence electrons. The van der Waals surface area contributed by atoms with Gasteiger partial charge in [-0.2, -0.15) is 0 Å². The van der Waals surface area contributed by atoms with E-state index in [1.807, 2.05) is 0 Å². The molecule has 0 saturated heterocycles. The second-order valence-corrected chi connectivity index (χ2v) is 2.09. The van der Waals surface area contributed by atoms with E-state index in [1.165, 1.54) is 10.8 Å². The van der Waals surface area contributed by atoms with Gasteiger partial charge < -0.3 is 0 Å². The van der Waals surface area contributed by atoms with E-state index < -0.39 is 0 Å². The predicted octanol–water partition coefficient (Wildman–Crippen LogP) is 0.530. The van der Waals surface area contributed by atoms with E-state index >= 15 is 0 Å². The molecule has 0 aromatic heterocycles. The molecule has 0 bridgehead atoms. The first-order valence-corrected chi connectivity index (χ1v) is 3.53. The molecule has 0 spiro atoms.